The van der Waals surface area contributed by atoms with Gasteiger partial charge in [0.25, 0.3) is 0 Å². The van der Waals surface area contributed by atoms with Crippen LogP contribution in [0, 0.1) is 17.0 Å². The van der Waals surface area contributed by atoms with E-state index in [-0.39, 0.29) is 28.6 Å². The highest BCUT2D eigenvalue weighted by molar-refractivity contribution is 5.63. The van der Waals surface area contributed by atoms with Crippen molar-refractivity contribution in [2.24, 2.45) is 5.41 Å². The van der Waals surface area contributed by atoms with Crippen molar-refractivity contribution in [3.05, 3.63) is 65.6 Å². The summed E-state index contributed by atoms with van der Waals surface area (Å²) in [5, 5.41) is 8.56. The van der Waals surface area contributed by atoms with Gasteiger partial charge in [-0.1, -0.05) is 19.9 Å². The molecule has 0 amide bonds. The van der Waals surface area contributed by atoms with Gasteiger partial charge in [-0.25, -0.2) is 18.7 Å². The maximum Gasteiger partial charge on any atom is 0.317 e. The fourth-order valence-corrected chi connectivity index (χ4v) is 4.86. The summed E-state index contributed by atoms with van der Waals surface area (Å²) in [4.78, 5) is 8.40. The molecule has 5 nitrogen and oxygen atoms in total. The zero-order valence-corrected chi connectivity index (χ0v) is 15.5. The van der Waals surface area contributed by atoms with Crippen molar-refractivity contribution in [3.8, 4) is 17.3 Å². The van der Waals surface area contributed by atoms with E-state index in [2.05, 4.69) is 34.0 Å². The molecule has 2 heterocycles. The topological polar surface area (TPSA) is 60.8 Å². The lowest BCUT2D eigenvalue weighted by molar-refractivity contribution is -0.0267. The summed E-state index contributed by atoms with van der Waals surface area (Å²) < 4.78 is 34.8. The van der Waals surface area contributed by atoms with Crippen molar-refractivity contribution < 1.29 is 13.5 Å². The Morgan fingerprint density at radius 2 is 1.75 bits per heavy atom. The summed E-state index contributed by atoms with van der Waals surface area (Å²) in [5.74, 6) is -1.16. The monoisotopic (exact) mass is 380 g/mol. The minimum absolute atomic E-state index is 0.148. The molecule has 2 aliphatic rings. The smallest absolute Gasteiger partial charge is 0.317 e. The summed E-state index contributed by atoms with van der Waals surface area (Å²) in [7, 11) is 0. The van der Waals surface area contributed by atoms with E-state index in [0.29, 0.717) is 5.69 Å². The Kier molecular flexibility index (Phi) is 3.53. The van der Waals surface area contributed by atoms with Crippen molar-refractivity contribution in [3.63, 3.8) is 0 Å². The quantitative estimate of drug-likeness (QED) is 0.674. The van der Waals surface area contributed by atoms with Crippen molar-refractivity contribution in [2.45, 2.75) is 38.2 Å². The summed E-state index contributed by atoms with van der Waals surface area (Å²) in [5.41, 5.74) is 0.689. The van der Waals surface area contributed by atoms with E-state index < -0.39 is 17.2 Å². The van der Waals surface area contributed by atoms with Gasteiger partial charge in [0.1, 0.15) is 17.3 Å². The van der Waals surface area contributed by atoms with Crippen LogP contribution in [0.1, 0.15) is 43.9 Å². The average Bonchev–Trinajstić information content (AvgIpc) is 3.02. The van der Waals surface area contributed by atoms with Gasteiger partial charge in [0, 0.05) is 17.8 Å². The minimum Gasteiger partial charge on any atom is -0.450 e. The maximum atomic E-state index is 14.2. The minimum atomic E-state index is -0.715. The zero-order chi connectivity index (χ0) is 19.5. The first-order valence-electron chi connectivity index (χ1n) is 9.22. The van der Waals surface area contributed by atoms with Crippen LogP contribution in [-0.2, 0) is 5.60 Å². The molecule has 2 aliphatic carbocycles. The van der Waals surface area contributed by atoms with Crippen LogP contribution < -0.4 is 4.74 Å². The molecule has 1 aromatic carbocycles. The van der Waals surface area contributed by atoms with Crippen molar-refractivity contribution in [2.75, 3.05) is 0 Å². The van der Waals surface area contributed by atoms with E-state index in [4.69, 9.17) is 4.74 Å². The molecule has 0 unspecified atom stereocenters. The molecule has 0 saturated heterocycles. The lowest BCUT2D eigenvalue weighted by atomic mass is 9.77. The summed E-state index contributed by atoms with van der Waals surface area (Å²) in [6.07, 6.45) is 4.91. The first kappa shape index (κ1) is 17.2. The van der Waals surface area contributed by atoms with Crippen LogP contribution in [0.2, 0.25) is 0 Å². The van der Waals surface area contributed by atoms with Gasteiger partial charge in [-0.2, -0.15) is 5.10 Å². The van der Waals surface area contributed by atoms with E-state index in [1.54, 1.807) is 24.5 Å². The Balaban J connectivity index is 1.65. The van der Waals surface area contributed by atoms with Crippen LogP contribution in [0.3, 0.4) is 0 Å². The van der Waals surface area contributed by atoms with Gasteiger partial charge in [0.2, 0.25) is 0 Å². The number of nitrogens with zero attached hydrogens (tertiary/aromatic N) is 4. The fourth-order valence-electron chi connectivity index (χ4n) is 4.86. The second kappa shape index (κ2) is 5.77. The Morgan fingerprint density at radius 1 is 1.04 bits per heavy atom. The van der Waals surface area contributed by atoms with Gasteiger partial charge in [-0.15, -0.1) is 5.10 Å². The van der Waals surface area contributed by atoms with E-state index in [0.717, 1.165) is 18.4 Å². The highest BCUT2D eigenvalue weighted by Crippen LogP contribution is 2.67. The van der Waals surface area contributed by atoms with Crippen LogP contribution in [0.4, 0.5) is 8.78 Å². The molecule has 2 aromatic heterocycles. The highest BCUT2D eigenvalue weighted by atomic mass is 19.1. The summed E-state index contributed by atoms with van der Waals surface area (Å²) in [6.45, 7) is 4.25. The Labute approximate surface area is 160 Å². The van der Waals surface area contributed by atoms with Gasteiger partial charge in [0.15, 0.2) is 5.60 Å². The first-order chi connectivity index (χ1) is 13.4. The molecule has 2 bridgehead atoms. The van der Waals surface area contributed by atoms with Gasteiger partial charge >= 0.3 is 6.01 Å². The number of aromatic nitrogens is 4. The molecule has 142 valence electrons. The molecule has 3 aromatic rings. The summed E-state index contributed by atoms with van der Waals surface area (Å²) >= 11 is 0. The van der Waals surface area contributed by atoms with Crippen LogP contribution in [0.5, 0.6) is 6.01 Å². The second-order valence-corrected chi connectivity index (χ2v) is 7.90. The number of halogens is 2. The Morgan fingerprint density at radius 3 is 2.46 bits per heavy atom. The number of ether oxygens (including phenoxy) is 1. The third-order valence-electron chi connectivity index (χ3n) is 6.30. The molecular weight excluding hydrogens is 362 g/mol. The number of rotatable bonds is 3. The first-order valence-corrected chi connectivity index (χ1v) is 9.22. The maximum absolute atomic E-state index is 14.2. The molecule has 5 rings (SSSR count). The molecule has 0 spiro atoms. The largest absolute Gasteiger partial charge is 0.450 e. The molecule has 1 saturated carbocycles. The normalized spacial score (nSPS) is 24.2. The van der Waals surface area contributed by atoms with Crippen molar-refractivity contribution in [1.29, 1.82) is 0 Å². The molecule has 0 aliphatic heterocycles. The van der Waals surface area contributed by atoms with Gasteiger partial charge in [-0.05, 0) is 48.6 Å². The van der Waals surface area contributed by atoms with Gasteiger partial charge in [0.05, 0.1) is 11.3 Å². The highest BCUT2D eigenvalue weighted by Gasteiger charge is 2.66. The molecule has 1 fully saturated rings. The van der Waals surface area contributed by atoms with Crippen LogP contribution in [-0.4, -0.2) is 20.2 Å². The number of fused-ring (bicyclic) bond motifs is 5. The van der Waals surface area contributed by atoms with E-state index >= 15 is 0 Å². The molecule has 28 heavy (non-hydrogen) atoms. The average molecular weight is 380 g/mol. The number of benzene rings is 1. The lowest BCUT2D eigenvalue weighted by Crippen LogP contribution is -2.41. The van der Waals surface area contributed by atoms with E-state index in [9.17, 15) is 8.78 Å². The standard InChI is InChI=1S/C21H18F2N4O/c1-20(2)13-7-8-21(20,28-19-24-9-4-10-25-19)18-12(13)11-16(26-27-18)17-14(22)5-3-6-15(17)23/h3-6,9-11,13H,7-8H2,1-2H3/t13-,21-/m0/s1. The van der Waals surface area contributed by atoms with Gasteiger partial charge in [-0.3, -0.25) is 0 Å². The van der Waals surface area contributed by atoms with Gasteiger partial charge < -0.3 is 4.74 Å². The Hall–Kier alpha value is -2.96. The molecule has 0 radical (unpaired) electrons. The van der Waals surface area contributed by atoms with Crippen LogP contribution in [0.15, 0.2) is 42.7 Å². The third kappa shape index (κ3) is 2.16. The Bertz CT molecular complexity index is 1050. The molecular formula is C21H18F2N4O. The van der Waals surface area contributed by atoms with Crippen LogP contribution in [0.25, 0.3) is 11.3 Å². The van der Waals surface area contributed by atoms with Crippen molar-refractivity contribution >= 4 is 0 Å². The fraction of sp³-hybridized carbons (Fsp3) is 0.333. The van der Waals surface area contributed by atoms with E-state index in [1.165, 1.54) is 18.2 Å². The predicted molar refractivity (Wildman–Crippen MR) is 97.5 cm³/mol. The predicted octanol–water partition coefficient (Wildman–Crippen LogP) is 4.40. The third-order valence-corrected chi connectivity index (χ3v) is 6.30. The number of hydrogen-bond donors (Lipinski definition) is 0. The SMILES string of the molecule is CC1(C)[C@H]2CC[C@]1(Oc1ncccn1)c1nnc(-c3c(F)cccc3F)cc12. The molecule has 7 heteroatoms. The van der Waals surface area contributed by atoms with E-state index in [1.807, 2.05) is 0 Å². The molecule has 2 atom stereocenters. The number of hydrogen-bond acceptors (Lipinski definition) is 5. The lowest BCUT2D eigenvalue weighted by Gasteiger charge is -2.36. The van der Waals surface area contributed by atoms with Crippen LogP contribution >= 0.6 is 0 Å². The van der Waals surface area contributed by atoms with Crippen molar-refractivity contribution in [1.82, 2.24) is 20.2 Å². The second-order valence-electron chi connectivity index (χ2n) is 7.90. The summed E-state index contributed by atoms with van der Waals surface area (Å²) in [6, 6.07) is 7.55. The molecule has 0 N–H and O–H groups in total. The zero-order valence-electron chi connectivity index (χ0n) is 15.5.